The van der Waals surface area contributed by atoms with Crippen LogP contribution < -0.4 is 10.2 Å². The Kier molecular flexibility index (Phi) is 4.84. The quantitative estimate of drug-likeness (QED) is 0.481. The number of carbonyl (C=O) groups excluding carboxylic acids is 1. The smallest absolute Gasteiger partial charge is 0.433 e. The molecule has 2 rings (SSSR count). The second kappa shape index (κ2) is 7.00. The van der Waals surface area contributed by atoms with Crippen molar-refractivity contribution in [2.75, 3.05) is 7.11 Å². The fourth-order valence-electron chi connectivity index (χ4n) is 1.70. The van der Waals surface area contributed by atoms with E-state index in [0.29, 0.717) is 0 Å². The number of nitro benzene ring substituents is 1. The minimum absolute atomic E-state index is 0.0710. The minimum Gasteiger partial charge on any atom is -0.490 e. The van der Waals surface area contributed by atoms with Crippen LogP contribution in [0, 0.1) is 20.2 Å². The maximum Gasteiger partial charge on any atom is 0.433 e. The number of ether oxygens (including phenoxy) is 1. The molecule has 24 heavy (non-hydrogen) atoms. The lowest BCUT2D eigenvalue weighted by atomic mass is 10.2. The Hall–Kier alpha value is -3.76. The Morgan fingerprint density at radius 2 is 2.00 bits per heavy atom. The van der Waals surface area contributed by atoms with Gasteiger partial charge in [0.15, 0.2) is 11.5 Å². The molecule has 1 amide bonds. The van der Waals surface area contributed by atoms with Gasteiger partial charge in [-0.05, 0) is 12.1 Å². The largest absolute Gasteiger partial charge is 0.490 e. The lowest BCUT2D eigenvalue weighted by Crippen LogP contribution is -2.17. The Morgan fingerprint density at radius 1 is 1.25 bits per heavy atom. The molecule has 0 aliphatic rings. The molecule has 124 valence electrons. The summed E-state index contributed by atoms with van der Waals surface area (Å²) in [6, 6.07) is 6.02. The minimum atomic E-state index is -0.709. The molecule has 1 heterocycles. The molecule has 0 fully saturated rings. The van der Waals surface area contributed by atoms with Crippen LogP contribution >= 0.6 is 0 Å². The monoisotopic (exact) mass is 334 g/mol. The zero-order valence-corrected chi connectivity index (χ0v) is 12.2. The Bertz CT molecular complexity index is 827. The number of nitro groups is 2. The molecule has 0 saturated carbocycles. The predicted octanol–water partition coefficient (Wildman–Crippen LogP) is 1.87. The normalized spacial score (nSPS) is 10.5. The number of rotatable bonds is 6. The third kappa shape index (κ3) is 3.71. The number of benzene rings is 1. The van der Waals surface area contributed by atoms with Gasteiger partial charge >= 0.3 is 11.6 Å². The number of hydrogen-bond donors (Lipinski definition) is 1. The zero-order chi connectivity index (χ0) is 17.7. The molecule has 1 aromatic heterocycles. The zero-order valence-electron chi connectivity index (χ0n) is 12.2. The summed E-state index contributed by atoms with van der Waals surface area (Å²) in [4.78, 5) is 31.8. The van der Waals surface area contributed by atoms with Gasteiger partial charge in [0, 0.05) is 17.7 Å². The summed E-state index contributed by atoms with van der Waals surface area (Å²) in [6.07, 6.45) is 1.08. The van der Waals surface area contributed by atoms with E-state index in [1.54, 1.807) is 0 Å². The molecule has 11 nitrogen and oxygen atoms in total. The number of hydrazone groups is 1. The Morgan fingerprint density at radius 3 is 2.58 bits per heavy atom. The number of nitrogens with one attached hydrogen (secondary N) is 1. The lowest BCUT2D eigenvalue weighted by Gasteiger charge is -2.04. The van der Waals surface area contributed by atoms with Gasteiger partial charge < -0.3 is 9.15 Å². The highest BCUT2D eigenvalue weighted by Gasteiger charge is 2.17. The summed E-state index contributed by atoms with van der Waals surface area (Å²) in [7, 11) is 1.24. The summed E-state index contributed by atoms with van der Waals surface area (Å²) in [5.41, 5.74) is 1.97. The van der Waals surface area contributed by atoms with Gasteiger partial charge in [-0.3, -0.25) is 25.0 Å². The van der Waals surface area contributed by atoms with Gasteiger partial charge in [-0.25, -0.2) is 5.43 Å². The van der Waals surface area contributed by atoms with E-state index in [-0.39, 0.29) is 22.8 Å². The first-order chi connectivity index (χ1) is 11.4. The summed E-state index contributed by atoms with van der Waals surface area (Å²) in [6.45, 7) is 0. The van der Waals surface area contributed by atoms with E-state index in [4.69, 9.17) is 9.15 Å². The van der Waals surface area contributed by atoms with Crippen LogP contribution in [0.4, 0.5) is 11.6 Å². The van der Waals surface area contributed by atoms with Gasteiger partial charge in [-0.2, -0.15) is 5.10 Å². The first-order valence-electron chi connectivity index (χ1n) is 6.32. The van der Waals surface area contributed by atoms with Crippen LogP contribution in [0.2, 0.25) is 0 Å². The first kappa shape index (κ1) is 16.6. The van der Waals surface area contributed by atoms with Gasteiger partial charge in [0.2, 0.25) is 0 Å². The molecule has 1 aromatic carbocycles. The molecule has 11 heteroatoms. The summed E-state index contributed by atoms with van der Waals surface area (Å²) in [5, 5.41) is 24.8. The van der Waals surface area contributed by atoms with Crippen molar-refractivity contribution in [3.8, 4) is 5.75 Å². The number of furan rings is 1. The molecule has 0 bridgehead atoms. The van der Waals surface area contributed by atoms with E-state index in [1.165, 1.54) is 25.3 Å². The predicted molar refractivity (Wildman–Crippen MR) is 80.1 cm³/mol. The van der Waals surface area contributed by atoms with Crippen molar-refractivity contribution in [3.63, 3.8) is 0 Å². The molecule has 1 N–H and O–H groups in total. The molecular formula is C13H10N4O7. The number of hydrogen-bond acceptors (Lipinski definition) is 8. The second-order valence-corrected chi connectivity index (χ2v) is 4.28. The molecule has 0 aliphatic carbocycles. The van der Waals surface area contributed by atoms with Crippen LogP contribution in [0.25, 0.3) is 0 Å². The fraction of sp³-hybridized carbons (Fsp3) is 0.0769. The van der Waals surface area contributed by atoms with Gasteiger partial charge in [0.05, 0.1) is 24.3 Å². The molecule has 0 unspecified atom stereocenters. The third-order valence-corrected chi connectivity index (χ3v) is 2.79. The van der Waals surface area contributed by atoms with Crippen LogP contribution in [-0.2, 0) is 0 Å². The Balaban J connectivity index is 2.07. The van der Waals surface area contributed by atoms with Crippen molar-refractivity contribution >= 4 is 23.7 Å². The van der Waals surface area contributed by atoms with Crippen molar-refractivity contribution < 1.29 is 23.8 Å². The van der Waals surface area contributed by atoms with E-state index in [0.717, 1.165) is 18.3 Å². The van der Waals surface area contributed by atoms with Crippen molar-refractivity contribution in [3.05, 3.63) is 61.9 Å². The standard InChI is InChI=1S/C13H10N4O7/c1-23-11-6-8(2-4-10(11)16(19)20)13(18)15-14-7-9-3-5-12(24-9)17(21)22/h2-7H,1H3,(H,15,18)/b14-7+. The number of amides is 1. The highest BCUT2D eigenvalue weighted by atomic mass is 16.6. The molecule has 0 atom stereocenters. The summed E-state index contributed by atoms with van der Waals surface area (Å²) in [5.74, 6) is -1.11. The van der Waals surface area contributed by atoms with Crippen molar-refractivity contribution in [1.82, 2.24) is 5.43 Å². The van der Waals surface area contributed by atoms with Crippen LogP contribution in [0.1, 0.15) is 16.1 Å². The highest BCUT2D eigenvalue weighted by molar-refractivity contribution is 5.95. The van der Waals surface area contributed by atoms with E-state index in [2.05, 4.69) is 10.5 Å². The van der Waals surface area contributed by atoms with Gasteiger partial charge in [-0.1, -0.05) is 0 Å². The number of methoxy groups -OCH3 is 1. The van der Waals surface area contributed by atoms with E-state index in [9.17, 15) is 25.0 Å². The van der Waals surface area contributed by atoms with Crippen LogP contribution in [0.5, 0.6) is 5.75 Å². The fourth-order valence-corrected chi connectivity index (χ4v) is 1.70. The van der Waals surface area contributed by atoms with Crippen LogP contribution in [0.15, 0.2) is 39.9 Å². The maximum atomic E-state index is 11.9. The highest BCUT2D eigenvalue weighted by Crippen LogP contribution is 2.27. The number of carbonyl (C=O) groups is 1. The van der Waals surface area contributed by atoms with Gasteiger partial charge in [0.25, 0.3) is 5.91 Å². The van der Waals surface area contributed by atoms with E-state index < -0.39 is 21.6 Å². The molecule has 0 saturated heterocycles. The third-order valence-electron chi connectivity index (χ3n) is 2.79. The molecule has 0 aliphatic heterocycles. The average Bonchev–Trinajstić information content (AvgIpc) is 3.03. The van der Waals surface area contributed by atoms with Crippen molar-refractivity contribution in [1.29, 1.82) is 0 Å². The summed E-state index contributed by atoms with van der Waals surface area (Å²) >= 11 is 0. The second-order valence-electron chi connectivity index (χ2n) is 4.28. The van der Waals surface area contributed by atoms with E-state index in [1.807, 2.05) is 0 Å². The Labute approximate surface area is 133 Å². The molecule has 0 radical (unpaired) electrons. The van der Waals surface area contributed by atoms with Crippen molar-refractivity contribution in [2.24, 2.45) is 5.10 Å². The number of nitrogens with zero attached hydrogens (tertiary/aromatic N) is 3. The molecule has 0 spiro atoms. The lowest BCUT2D eigenvalue weighted by molar-refractivity contribution is -0.402. The van der Waals surface area contributed by atoms with Crippen molar-refractivity contribution in [2.45, 2.75) is 0 Å². The first-order valence-corrected chi connectivity index (χ1v) is 6.32. The van der Waals surface area contributed by atoms with Gasteiger partial charge in [0.1, 0.15) is 4.92 Å². The molecule has 2 aromatic rings. The maximum absolute atomic E-state index is 11.9. The SMILES string of the molecule is COc1cc(C(=O)N/N=C/c2ccc([N+](=O)[O-])o2)ccc1[N+](=O)[O-]. The topological polar surface area (TPSA) is 150 Å². The summed E-state index contributed by atoms with van der Waals surface area (Å²) < 4.78 is 9.67. The van der Waals surface area contributed by atoms with E-state index >= 15 is 0 Å². The van der Waals surface area contributed by atoms with Crippen LogP contribution in [-0.4, -0.2) is 29.1 Å². The molecular weight excluding hydrogens is 324 g/mol. The van der Waals surface area contributed by atoms with Crippen LogP contribution in [0.3, 0.4) is 0 Å². The average molecular weight is 334 g/mol. The van der Waals surface area contributed by atoms with Gasteiger partial charge in [-0.15, -0.1) is 0 Å².